The second-order valence-corrected chi connectivity index (χ2v) is 5.50. The highest BCUT2D eigenvalue weighted by atomic mass is 79.9. The maximum atomic E-state index is 12.3. The van der Waals surface area contributed by atoms with Crippen LogP contribution in [0.2, 0.25) is 0 Å². The van der Waals surface area contributed by atoms with Crippen molar-refractivity contribution in [1.82, 2.24) is 9.88 Å². The molecule has 0 spiro atoms. The van der Waals surface area contributed by atoms with Crippen LogP contribution in [0, 0.1) is 0 Å². The summed E-state index contributed by atoms with van der Waals surface area (Å²) in [6, 6.07) is 7.37. The van der Waals surface area contributed by atoms with Gasteiger partial charge in [-0.2, -0.15) is 0 Å². The van der Waals surface area contributed by atoms with Gasteiger partial charge in [-0.3, -0.25) is 4.79 Å². The SMILES string of the molecule is COc1ccc(CN(C)C(=O)c2cc(Br)c[nH]2)cc1OC. The van der Waals surface area contributed by atoms with E-state index in [4.69, 9.17) is 9.47 Å². The van der Waals surface area contributed by atoms with Crippen LogP contribution in [0.1, 0.15) is 16.1 Å². The number of halogens is 1. The Kier molecular flexibility index (Phi) is 4.90. The van der Waals surface area contributed by atoms with Gasteiger partial charge in [0, 0.05) is 24.3 Å². The molecule has 2 aromatic rings. The Bertz CT molecular complexity index is 640. The number of carbonyl (C=O) groups excluding carboxylic acids is 1. The van der Waals surface area contributed by atoms with E-state index in [2.05, 4.69) is 20.9 Å². The molecule has 112 valence electrons. The summed E-state index contributed by atoms with van der Waals surface area (Å²) in [5.74, 6) is 1.25. The number of rotatable bonds is 5. The van der Waals surface area contributed by atoms with Crippen LogP contribution in [0.25, 0.3) is 0 Å². The lowest BCUT2D eigenvalue weighted by Gasteiger charge is -2.17. The first kappa shape index (κ1) is 15.4. The summed E-state index contributed by atoms with van der Waals surface area (Å²) in [6.07, 6.45) is 1.73. The molecule has 1 aromatic heterocycles. The fourth-order valence-corrected chi connectivity index (χ4v) is 2.37. The zero-order chi connectivity index (χ0) is 15.4. The van der Waals surface area contributed by atoms with E-state index in [1.165, 1.54) is 0 Å². The lowest BCUT2D eigenvalue weighted by Crippen LogP contribution is -2.26. The summed E-state index contributed by atoms with van der Waals surface area (Å²) in [4.78, 5) is 16.8. The van der Waals surface area contributed by atoms with Gasteiger partial charge in [-0.25, -0.2) is 0 Å². The molecule has 0 unspecified atom stereocenters. The molecule has 1 aromatic carbocycles. The zero-order valence-electron chi connectivity index (χ0n) is 12.1. The summed E-state index contributed by atoms with van der Waals surface area (Å²) in [6.45, 7) is 0.482. The molecule has 0 aliphatic rings. The van der Waals surface area contributed by atoms with E-state index < -0.39 is 0 Å². The van der Waals surface area contributed by atoms with Gasteiger partial charge >= 0.3 is 0 Å². The maximum absolute atomic E-state index is 12.3. The van der Waals surface area contributed by atoms with Crippen LogP contribution < -0.4 is 9.47 Å². The van der Waals surface area contributed by atoms with Crippen molar-refractivity contribution in [2.45, 2.75) is 6.54 Å². The molecule has 0 aliphatic carbocycles. The molecular formula is C15H17BrN2O3. The molecule has 0 aliphatic heterocycles. The predicted octanol–water partition coefficient (Wildman–Crippen LogP) is 3.07. The van der Waals surface area contributed by atoms with Gasteiger partial charge in [0.25, 0.3) is 5.91 Å². The number of H-pyrrole nitrogens is 1. The summed E-state index contributed by atoms with van der Waals surface area (Å²) in [5.41, 5.74) is 1.51. The molecule has 1 amide bonds. The summed E-state index contributed by atoms with van der Waals surface area (Å²) in [7, 11) is 4.94. The van der Waals surface area contributed by atoms with E-state index >= 15 is 0 Å². The zero-order valence-corrected chi connectivity index (χ0v) is 13.7. The van der Waals surface area contributed by atoms with Crippen LogP contribution in [0.3, 0.4) is 0 Å². The minimum absolute atomic E-state index is 0.0736. The van der Waals surface area contributed by atoms with Gasteiger partial charge < -0.3 is 19.4 Å². The summed E-state index contributed by atoms with van der Waals surface area (Å²) in [5, 5.41) is 0. The van der Waals surface area contributed by atoms with Crippen LogP contribution in [0.4, 0.5) is 0 Å². The molecule has 21 heavy (non-hydrogen) atoms. The van der Waals surface area contributed by atoms with Crippen LogP contribution >= 0.6 is 15.9 Å². The number of aromatic amines is 1. The van der Waals surface area contributed by atoms with E-state index in [1.54, 1.807) is 38.4 Å². The third-order valence-electron chi connectivity index (χ3n) is 3.09. The van der Waals surface area contributed by atoms with Gasteiger partial charge in [0.05, 0.1) is 14.2 Å². The van der Waals surface area contributed by atoms with Crippen molar-refractivity contribution < 1.29 is 14.3 Å². The first-order valence-electron chi connectivity index (χ1n) is 6.35. The second kappa shape index (κ2) is 6.67. The number of hydrogen-bond acceptors (Lipinski definition) is 3. The molecule has 0 saturated carbocycles. The number of hydrogen-bond donors (Lipinski definition) is 1. The highest BCUT2D eigenvalue weighted by molar-refractivity contribution is 9.10. The molecule has 0 fully saturated rings. The number of amides is 1. The van der Waals surface area contributed by atoms with Crippen molar-refractivity contribution in [1.29, 1.82) is 0 Å². The Balaban J connectivity index is 2.12. The van der Waals surface area contributed by atoms with Crippen molar-refractivity contribution in [3.63, 3.8) is 0 Å². The molecule has 0 bridgehead atoms. The van der Waals surface area contributed by atoms with Crippen molar-refractivity contribution in [3.05, 3.63) is 46.2 Å². The topological polar surface area (TPSA) is 54.6 Å². The first-order chi connectivity index (χ1) is 10.0. The van der Waals surface area contributed by atoms with E-state index in [0.717, 1.165) is 10.0 Å². The van der Waals surface area contributed by atoms with Gasteiger partial charge in [0.2, 0.25) is 0 Å². The Labute approximate surface area is 132 Å². The van der Waals surface area contributed by atoms with Crippen molar-refractivity contribution in [3.8, 4) is 11.5 Å². The highest BCUT2D eigenvalue weighted by Gasteiger charge is 2.14. The molecule has 1 N–H and O–H groups in total. The predicted molar refractivity (Wildman–Crippen MR) is 83.8 cm³/mol. The monoisotopic (exact) mass is 352 g/mol. The standard InChI is InChI=1S/C15H17BrN2O3/c1-18(15(19)12-7-11(16)8-17-12)9-10-4-5-13(20-2)14(6-10)21-3/h4-8,17H,9H2,1-3H3. The number of methoxy groups -OCH3 is 2. The smallest absolute Gasteiger partial charge is 0.270 e. The normalized spacial score (nSPS) is 10.3. The molecule has 0 saturated heterocycles. The molecule has 0 atom stereocenters. The lowest BCUT2D eigenvalue weighted by molar-refractivity contribution is 0.0780. The quantitative estimate of drug-likeness (QED) is 0.899. The van der Waals surface area contributed by atoms with E-state index in [-0.39, 0.29) is 5.91 Å². The Hall–Kier alpha value is -1.95. The Morgan fingerprint density at radius 3 is 2.52 bits per heavy atom. The molecule has 2 rings (SSSR count). The molecule has 6 heteroatoms. The third-order valence-corrected chi connectivity index (χ3v) is 3.55. The first-order valence-corrected chi connectivity index (χ1v) is 7.14. The van der Waals surface area contributed by atoms with Gasteiger partial charge in [-0.15, -0.1) is 0 Å². The van der Waals surface area contributed by atoms with Crippen LogP contribution in [0.5, 0.6) is 11.5 Å². The highest BCUT2D eigenvalue weighted by Crippen LogP contribution is 2.28. The number of benzene rings is 1. The third kappa shape index (κ3) is 3.58. The van der Waals surface area contributed by atoms with Crippen molar-refractivity contribution in [2.75, 3.05) is 21.3 Å². The number of carbonyl (C=O) groups is 1. The molecule has 1 heterocycles. The maximum Gasteiger partial charge on any atom is 0.270 e. The summed E-state index contributed by atoms with van der Waals surface area (Å²) >= 11 is 3.32. The van der Waals surface area contributed by atoms with Gasteiger partial charge in [0.15, 0.2) is 11.5 Å². The summed E-state index contributed by atoms with van der Waals surface area (Å²) < 4.78 is 11.3. The number of nitrogens with zero attached hydrogens (tertiary/aromatic N) is 1. The average molecular weight is 353 g/mol. The second-order valence-electron chi connectivity index (χ2n) is 4.58. The van der Waals surface area contributed by atoms with Crippen LogP contribution in [-0.2, 0) is 6.54 Å². The van der Waals surface area contributed by atoms with Crippen molar-refractivity contribution in [2.24, 2.45) is 0 Å². The van der Waals surface area contributed by atoms with Gasteiger partial charge in [-0.05, 0) is 39.7 Å². The largest absolute Gasteiger partial charge is 0.493 e. The Morgan fingerprint density at radius 2 is 1.95 bits per heavy atom. The number of ether oxygens (including phenoxy) is 2. The van der Waals surface area contributed by atoms with Gasteiger partial charge in [-0.1, -0.05) is 6.07 Å². The molecule has 5 nitrogen and oxygen atoms in total. The number of aromatic nitrogens is 1. The minimum atomic E-state index is -0.0736. The Morgan fingerprint density at radius 1 is 1.24 bits per heavy atom. The fraction of sp³-hybridized carbons (Fsp3) is 0.267. The van der Waals surface area contributed by atoms with E-state index in [1.807, 2.05) is 18.2 Å². The number of nitrogens with one attached hydrogen (secondary N) is 1. The van der Waals surface area contributed by atoms with E-state index in [0.29, 0.717) is 23.7 Å². The minimum Gasteiger partial charge on any atom is -0.493 e. The lowest BCUT2D eigenvalue weighted by atomic mass is 10.2. The molecular weight excluding hydrogens is 336 g/mol. The van der Waals surface area contributed by atoms with E-state index in [9.17, 15) is 4.79 Å². The van der Waals surface area contributed by atoms with Crippen LogP contribution in [-0.4, -0.2) is 37.1 Å². The average Bonchev–Trinajstić information content (AvgIpc) is 2.92. The van der Waals surface area contributed by atoms with Crippen molar-refractivity contribution >= 4 is 21.8 Å². The van der Waals surface area contributed by atoms with Crippen LogP contribution in [0.15, 0.2) is 34.9 Å². The molecule has 0 radical (unpaired) electrons. The van der Waals surface area contributed by atoms with Gasteiger partial charge in [0.1, 0.15) is 5.69 Å². The fourth-order valence-electron chi connectivity index (χ4n) is 2.02.